The van der Waals surface area contributed by atoms with Crippen LogP contribution in [-0.4, -0.2) is 29.2 Å². The number of likely N-dealkylation sites (tertiary alicyclic amines) is 1. The van der Waals surface area contributed by atoms with Crippen molar-refractivity contribution in [2.24, 2.45) is 5.92 Å². The standard InChI is InChI=1S/C15H25N3O2/c1-5-13-14(11(4)17-20-13)12-7-6-8-18(12)15(19)16-9-10(2)3/h10,12H,5-9H2,1-4H3,(H,16,19)/t12-/m1/s1. The van der Waals surface area contributed by atoms with Gasteiger partial charge in [-0.05, 0) is 25.7 Å². The van der Waals surface area contributed by atoms with Crippen LogP contribution in [0, 0.1) is 12.8 Å². The van der Waals surface area contributed by atoms with E-state index in [0.29, 0.717) is 12.5 Å². The van der Waals surface area contributed by atoms with Crippen molar-refractivity contribution in [1.29, 1.82) is 0 Å². The fourth-order valence-electron chi connectivity index (χ4n) is 2.81. The van der Waals surface area contributed by atoms with Crippen molar-refractivity contribution in [1.82, 2.24) is 15.4 Å². The first-order chi connectivity index (χ1) is 9.54. The number of carbonyl (C=O) groups is 1. The Labute approximate surface area is 120 Å². The molecule has 2 rings (SSSR count). The third-order valence-electron chi connectivity index (χ3n) is 3.81. The highest BCUT2D eigenvalue weighted by atomic mass is 16.5. The molecule has 1 fully saturated rings. The number of hydrogen-bond acceptors (Lipinski definition) is 3. The van der Waals surface area contributed by atoms with Gasteiger partial charge in [-0.25, -0.2) is 4.79 Å². The maximum Gasteiger partial charge on any atom is 0.317 e. The van der Waals surface area contributed by atoms with Gasteiger partial charge in [0.25, 0.3) is 0 Å². The summed E-state index contributed by atoms with van der Waals surface area (Å²) in [6, 6.07) is 0.146. The maximum absolute atomic E-state index is 12.3. The third kappa shape index (κ3) is 2.97. The van der Waals surface area contributed by atoms with Crippen LogP contribution in [0.5, 0.6) is 0 Å². The Hall–Kier alpha value is -1.52. The number of nitrogens with zero attached hydrogens (tertiary/aromatic N) is 2. The number of amides is 2. The summed E-state index contributed by atoms with van der Waals surface area (Å²) in [6.07, 6.45) is 2.84. The van der Waals surface area contributed by atoms with Crippen molar-refractivity contribution in [2.75, 3.05) is 13.1 Å². The SMILES string of the molecule is CCc1onc(C)c1[C@H]1CCCN1C(=O)NCC(C)C. The lowest BCUT2D eigenvalue weighted by Crippen LogP contribution is -2.41. The number of carbonyl (C=O) groups excluding carboxylic acids is 1. The quantitative estimate of drug-likeness (QED) is 0.921. The highest BCUT2D eigenvalue weighted by Gasteiger charge is 2.34. The first kappa shape index (κ1) is 14.9. The predicted molar refractivity (Wildman–Crippen MR) is 77.5 cm³/mol. The van der Waals surface area contributed by atoms with E-state index in [-0.39, 0.29) is 12.1 Å². The van der Waals surface area contributed by atoms with Crippen LogP contribution in [0.15, 0.2) is 4.52 Å². The summed E-state index contributed by atoms with van der Waals surface area (Å²) in [5.74, 6) is 1.37. The van der Waals surface area contributed by atoms with Crippen LogP contribution in [0.25, 0.3) is 0 Å². The van der Waals surface area contributed by atoms with Gasteiger partial charge >= 0.3 is 6.03 Å². The van der Waals surface area contributed by atoms with E-state index in [0.717, 1.165) is 42.8 Å². The van der Waals surface area contributed by atoms with Crippen molar-refractivity contribution in [3.63, 3.8) is 0 Å². The summed E-state index contributed by atoms with van der Waals surface area (Å²) < 4.78 is 5.37. The topological polar surface area (TPSA) is 58.4 Å². The largest absolute Gasteiger partial charge is 0.361 e. The Morgan fingerprint density at radius 3 is 2.95 bits per heavy atom. The van der Waals surface area contributed by atoms with Gasteiger partial charge in [0, 0.05) is 25.1 Å². The molecule has 5 nitrogen and oxygen atoms in total. The molecule has 1 aromatic heterocycles. The van der Waals surface area contributed by atoms with Gasteiger partial charge in [-0.2, -0.15) is 0 Å². The molecular formula is C15H25N3O2. The van der Waals surface area contributed by atoms with Crippen LogP contribution in [0.1, 0.15) is 56.7 Å². The average molecular weight is 279 g/mol. The van der Waals surface area contributed by atoms with E-state index in [4.69, 9.17) is 4.52 Å². The summed E-state index contributed by atoms with van der Waals surface area (Å²) in [5, 5.41) is 7.08. The smallest absolute Gasteiger partial charge is 0.317 e. The molecule has 1 N–H and O–H groups in total. The minimum atomic E-state index is 0.0313. The fourth-order valence-corrected chi connectivity index (χ4v) is 2.81. The Morgan fingerprint density at radius 2 is 2.30 bits per heavy atom. The minimum absolute atomic E-state index is 0.0313. The molecular weight excluding hydrogens is 254 g/mol. The number of aromatic nitrogens is 1. The van der Waals surface area contributed by atoms with Crippen molar-refractivity contribution in [2.45, 2.75) is 53.0 Å². The number of hydrogen-bond donors (Lipinski definition) is 1. The molecule has 1 aliphatic heterocycles. The first-order valence-corrected chi connectivity index (χ1v) is 7.54. The first-order valence-electron chi connectivity index (χ1n) is 7.54. The second-order valence-corrected chi connectivity index (χ2v) is 5.89. The second kappa shape index (κ2) is 6.29. The summed E-state index contributed by atoms with van der Waals surface area (Å²) in [7, 11) is 0. The third-order valence-corrected chi connectivity index (χ3v) is 3.81. The Bertz CT molecular complexity index is 468. The van der Waals surface area contributed by atoms with Crippen molar-refractivity contribution in [3.8, 4) is 0 Å². The van der Waals surface area contributed by atoms with Crippen molar-refractivity contribution >= 4 is 6.03 Å². The van der Waals surface area contributed by atoms with Crippen LogP contribution in [0.4, 0.5) is 4.79 Å². The summed E-state index contributed by atoms with van der Waals surface area (Å²) in [6.45, 7) is 9.73. The molecule has 0 spiro atoms. The van der Waals surface area contributed by atoms with E-state index in [1.165, 1.54) is 0 Å². The lowest BCUT2D eigenvalue weighted by atomic mass is 10.0. The fraction of sp³-hybridized carbons (Fsp3) is 0.733. The number of rotatable bonds is 4. The molecule has 2 amide bonds. The zero-order valence-corrected chi connectivity index (χ0v) is 12.9. The molecule has 0 radical (unpaired) electrons. The van der Waals surface area contributed by atoms with E-state index in [2.05, 4.69) is 31.2 Å². The van der Waals surface area contributed by atoms with E-state index < -0.39 is 0 Å². The minimum Gasteiger partial charge on any atom is -0.361 e. The van der Waals surface area contributed by atoms with E-state index in [1.54, 1.807) is 0 Å². The average Bonchev–Trinajstić information content (AvgIpc) is 3.01. The van der Waals surface area contributed by atoms with Crippen LogP contribution in [0.3, 0.4) is 0 Å². The molecule has 5 heteroatoms. The molecule has 20 heavy (non-hydrogen) atoms. The van der Waals surface area contributed by atoms with E-state index in [9.17, 15) is 4.79 Å². The van der Waals surface area contributed by atoms with E-state index in [1.807, 2.05) is 11.8 Å². The molecule has 1 saturated heterocycles. The van der Waals surface area contributed by atoms with Gasteiger partial charge in [-0.15, -0.1) is 0 Å². The Balaban J connectivity index is 2.14. The van der Waals surface area contributed by atoms with Gasteiger partial charge in [-0.1, -0.05) is 25.9 Å². The van der Waals surface area contributed by atoms with Crippen LogP contribution < -0.4 is 5.32 Å². The molecule has 0 aliphatic carbocycles. The van der Waals surface area contributed by atoms with Gasteiger partial charge in [0.1, 0.15) is 5.76 Å². The molecule has 1 atom stereocenters. The van der Waals surface area contributed by atoms with Gasteiger partial charge in [0.05, 0.1) is 11.7 Å². The number of aryl methyl sites for hydroxylation is 2. The molecule has 112 valence electrons. The van der Waals surface area contributed by atoms with Crippen LogP contribution >= 0.6 is 0 Å². The highest BCUT2D eigenvalue weighted by molar-refractivity contribution is 5.75. The molecule has 0 aromatic carbocycles. The zero-order valence-electron chi connectivity index (χ0n) is 12.9. The van der Waals surface area contributed by atoms with Crippen molar-refractivity contribution in [3.05, 3.63) is 17.0 Å². The molecule has 0 bridgehead atoms. The van der Waals surface area contributed by atoms with Gasteiger partial charge in [0.2, 0.25) is 0 Å². The predicted octanol–water partition coefficient (Wildman–Crippen LogP) is 3.05. The zero-order chi connectivity index (χ0) is 14.7. The second-order valence-electron chi connectivity index (χ2n) is 5.89. The molecule has 1 aliphatic rings. The Kier molecular flexibility index (Phi) is 4.68. The highest BCUT2D eigenvalue weighted by Crippen LogP contribution is 2.35. The monoisotopic (exact) mass is 279 g/mol. The van der Waals surface area contributed by atoms with Gasteiger partial charge < -0.3 is 14.7 Å². The van der Waals surface area contributed by atoms with Gasteiger partial charge in [-0.3, -0.25) is 0 Å². The van der Waals surface area contributed by atoms with Crippen molar-refractivity contribution < 1.29 is 9.32 Å². The lowest BCUT2D eigenvalue weighted by Gasteiger charge is -2.25. The maximum atomic E-state index is 12.3. The van der Waals surface area contributed by atoms with Crippen LogP contribution in [-0.2, 0) is 6.42 Å². The number of urea groups is 1. The number of nitrogens with one attached hydrogen (secondary N) is 1. The molecule has 2 heterocycles. The van der Waals surface area contributed by atoms with Gasteiger partial charge in [0.15, 0.2) is 0 Å². The molecule has 1 aromatic rings. The van der Waals surface area contributed by atoms with Crippen LogP contribution in [0.2, 0.25) is 0 Å². The van der Waals surface area contributed by atoms with E-state index >= 15 is 0 Å². The molecule has 0 unspecified atom stereocenters. The Morgan fingerprint density at radius 1 is 1.55 bits per heavy atom. The normalized spacial score (nSPS) is 18.9. The molecule has 0 saturated carbocycles. The summed E-state index contributed by atoms with van der Waals surface area (Å²) >= 11 is 0. The lowest BCUT2D eigenvalue weighted by molar-refractivity contribution is 0.191. The summed E-state index contributed by atoms with van der Waals surface area (Å²) in [5.41, 5.74) is 2.03. The summed E-state index contributed by atoms with van der Waals surface area (Å²) in [4.78, 5) is 14.3.